The molecule has 1 aliphatic heterocycles. The van der Waals surface area contributed by atoms with Gasteiger partial charge in [0.15, 0.2) is 0 Å². The number of nitrogens with one attached hydrogen (secondary N) is 2. The quantitative estimate of drug-likeness (QED) is 0.873. The Morgan fingerprint density at radius 1 is 1.00 bits per heavy atom. The predicted molar refractivity (Wildman–Crippen MR) is 106 cm³/mol. The molecule has 27 heavy (non-hydrogen) atoms. The maximum absolute atomic E-state index is 12.6. The van der Waals surface area contributed by atoms with E-state index in [1.165, 1.54) is 6.92 Å². The average molecular weight is 365 g/mol. The number of hydrogen-bond acceptors (Lipinski definition) is 3. The van der Waals surface area contributed by atoms with Gasteiger partial charge in [0.25, 0.3) is 0 Å². The lowest BCUT2D eigenvalue weighted by Crippen LogP contribution is -2.28. The Kier molecular flexibility index (Phi) is 5.26. The van der Waals surface area contributed by atoms with E-state index in [0.717, 1.165) is 16.8 Å². The Morgan fingerprint density at radius 2 is 1.63 bits per heavy atom. The van der Waals surface area contributed by atoms with Crippen LogP contribution in [0.3, 0.4) is 0 Å². The average Bonchev–Trinajstić information content (AvgIpc) is 3.00. The molecule has 1 fully saturated rings. The van der Waals surface area contributed by atoms with Crippen molar-refractivity contribution in [2.75, 3.05) is 22.1 Å². The molecule has 3 rings (SSSR count). The highest BCUT2D eigenvalue weighted by atomic mass is 16.2. The van der Waals surface area contributed by atoms with Gasteiger partial charge in [0, 0.05) is 37.0 Å². The lowest BCUT2D eigenvalue weighted by atomic mass is 10.1. The second-order valence-corrected chi connectivity index (χ2v) is 6.94. The molecule has 0 aromatic heterocycles. The highest BCUT2D eigenvalue weighted by molar-refractivity contribution is 6.04. The summed E-state index contributed by atoms with van der Waals surface area (Å²) >= 11 is 0. The van der Waals surface area contributed by atoms with Gasteiger partial charge in [0.2, 0.25) is 17.7 Å². The zero-order valence-corrected chi connectivity index (χ0v) is 15.7. The molecule has 0 spiro atoms. The van der Waals surface area contributed by atoms with Gasteiger partial charge in [-0.25, -0.2) is 0 Å². The summed E-state index contributed by atoms with van der Waals surface area (Å²) in [7, 11) is 0. The van der Waals surface area contributed by atoms with Crippen LogP contribution in [0.5, 0.6) is 0 Å². The molecule has 6 heteroatoms. The maximum Gasteiger partial charge on any atom is 0.229 e. The minimum absolute atomic E-state index is 0.0372. The fourth-order valence-corrected chi connectivity index (χ4v) is 3.21. The summed E-state index contributed by atoms with van der Waals surface area (Å²) in [6.45, 7) is 5.76. The van der Waals surface area contributed by atoms with Gasteiger partial charge in [0.05, 0.1) is 5.92 Å². The smallest absolute Gasteiger partial charge is 0.229 e. The van der Waals surface area contributed by atoms with Crippen LogP contribution in [-0.2, 0) is 14.4 Å². The summed E-state index contributed by atoms with van der Waals surface area (Å²) in [4.78, 5) is 37.8. The normalized spacial score (nSPS) is 16.3. The summed E-state index contributed by atoms with van der Waals surface area (Å²) in [5.74, 6) is -0.761. The van der Waals surface area contributed by atoms with Crippen LogP contribution < -0.4 is 15.5 Å². The lowest BCUT2D eigenvalue weighted by molar-refractivity contribution is -0.122. The fourth-order valence-electron chi connectivity index (χ4n) is 3.21. The summed E-state index contributed by atoms with van der Waals surface area (Å²) in [5.41, 5.74) is 4.26. The van der Waals surface area contributed by atoms with Gasteiger partial charge in [-0.15, -0.1) is 0 Å². The van der Waals surface area contributed by atoms with Crippen LogP contribution in [0.4, 0.5) is 17.1 Å². The Morgan fingerprint density at radius 3 is 2.26 bits per heavy atom. The largest absolute Gasteiger partial charge is 0.326 e. The number of aryl methyl sites for hydroxylation is 2. The van der Waals surface area contributed by atoms with Crippen molar-refractivity contribution < 1.29 is 14.4 Å². The number of rotatable bonds is 4. The molecule has 0 radical (unpaired) electrons. The van der Waals surface area contributed by atoms with E-state index in [2.05, 4.69) is 10.6 Å². The third kappa shape index (κ3) is 4.34. The molecule has 0 saturated carbocycles. The maximum atomic E-state index is 12.6. The first kappa shape index (κ1) is 18.6. The Bertz CT molecular complexity index is 890. The van der Waals surface area contributed by atoms with Crippen LogP contribution in [0.25, 0.3) is 0 Å². The summed E-state index contributed by atoms with van der Waals surface area (Å²) in [5, 5.41) is 5.53. The van der Waals surface area contributed by atoms with Crippen LogP contribution in [0.2, 0.25) is 0 Å². The van der Waals surface area contributed by atoms with Crippen LogP contribution in [0.1, 0.15) is 24.5 Å². The highest BCUT2D eigenvalue weighted by Crippen LogP contribution is 2.29. The van der Waals surface area contributed by atoms with E-state index in [0.29, 0.717) is 17.9 Å². The standard InChI is InChI=1S/C21H23N3O3/c1-13-4-5-14(2)19(10-13)24-12-16(11-20(24)26)21(27)23-18-8-6-17(7-9-18)22-15(3)25/h4-10,16H,11-12H2,1-3H3,(H,22,25)(H,23,27)/t16-/m1/s1. The van der Waals surface area contributed by atoms with Gasteiger partial charge in [-0.3, -0.25) is 14.4 Å². The predicted octanol–water partition coefficient (Wildman–Crippen LogP) is 3.25. The Balaban J connectivity index is 1.67. The number of amides is 3. The number of carbonyl (C=O) groups is 3. The first-order valence-electron chi connectivity index (χ1n) is 8.89. The molecule has 2 aromatic carbocycles. The van der Waals surface area contributed by atoms with Crippen LogP contribution in [-0.4, -0.2) is 24.3 Å². The zero-order chi connectivity index (χ0) is 19.6. The van der Waals surface area contributed by atoms with E-state index in [1.54, 1.807) is 29.2 Å². The fraction of sp³-hybridized carbons (Fsp3) is 0.286. The van der Waals surface area contributed by atoms with Gasteiger partial charge in [-0.1, -0.05) is 12.1 Å². The van der Waals surface area contributed by atoms with E-state index < -0.39 is 5.92 Å². The zero-order valence-electron chi connectivity index (χ0n) is 15.7. The molecule has 1 aliphatic rings. The molecule has 1 heterocycles. The van der Waals surface area contributed by atoms with Crippen LogP contribution in [0.15, 0.2) is 42.5 Å². The van der Waals surface area contributed by atoms with E-state index in [1.807, 2.05) is 32.0 Å². The third-order valence-electron chi connectivity index (χ3n) is 4.62. The van der Waals surface area contributed by atoms with Gasteiger partial charge in [-0.2, -0.15) is 0 Å². The summed E-state index contributed by atoms with van der Waals surface area (Å²) < 4.78 is 0. The Labute approximate surface area is 158 Å². The van der Waals surface area contributed by atoms with Crippen LogP contribution in [0, 0.1) is 19.8 Å². The first-order valence-corrected chi connectivity index (χ1v) is 8.89. The monoisotopic (exact) mass is 365 g/mol. The number of carbonyl (C=O) groups excluding carboxylic acids is 3. The molecule has 2 N–H and O–H groups in total. The minimum Gasteiger partial charge on any atom is -0.326 e. The molecule has 0 aliphatic carbocycles. The second kappa shape index (κ2) is 7.61. The van der Waals surface area contributed by atoms with Gasteiger partial charge < -0.3 is 15.5 Å². The van der Waals surface area contributed by atoms with Crippen molar-refractivity contribution >= 4 is 34.8 Å². The molecule has 0 unspecified atom stereocenters. The van der Waals surface area contributed by atoms with E-state index in [9.17, 15) is 14.4 Å². The molecule has 1 atom stereocenters. The van der Waals surface area contributed by atoms with Gasteiger partial charge >= 0.3 is 0 Å². The highest BCUT2D eigenvalue weighted by Gasteiger charge is 2.35. The van der Waals surface area contributed by atoms with Crippen molar-refractivity contribution in [2.45, 2.75) is 27.2 Å². The van der Waals surface area contributed by atoms with Crippen molar-refractivity contribution in [1.29, 1.82) is 0 Å². The van der Waals surface area contributed by atoms with E-state index >= 15 is 0 Å². The molecule has 2 aromatic rings. The topological polar surface area (TPSA) is 78.5 Å². The minimum atomic E-state index is -0.396. The van der Waals surface area contributed by atoms with Crippen molar-refractivity contribution in [1.82, 2.24) is 0 Å². The number of anilines is 3. The van der Waals surface area contributed by atoms with Gasteiger partial charge in [0.1, 0.15) is 0 Å². The Hall–Kier alpha value is -3.15. The van der Waals surface area contributed by atoms with E-state index in [4.69, 9.17) is 0 Å². The molecule has 1 saturated heterocycles. The second-order valence-electron chi connectivity index (χ2n) is 6.94. The number of hydrogen-bond donors (Lipinski definition) is 2. The van der Waals surface area contributed by atoms with Crippen molar-refractivity contribution in [3.05, 3.63) is 53.6 Å². The third-order valence-corrected chi connectivity index (χ3v) is 4.62. The molecule has 3 amide bonds. The number of nitrogens with zero attached hydrogens (tertiary/aromatic N) is 1. The molecule has 6 nitrogen and oxygen atoms in total. The van der Waals surface area contributed by atoms with Crippen LogP contribution >= 0.6 is 0 Å². The van der Waals surface area contributed by atoms with E-state index in [-0.39, 0.29) is 24.1 Å². The van der Waals surface area contributed by atoms with Crippen molar-refractivity contribution in [2.24, 2.45) is 5.92 Å². The SMILES string of the molecule is CC(=O)Nc1ccc(NC(=O)[C@@H]2CC(=O)N(c3cc(C)ccc3C)C2)cc1. The molecular weight excluding hydrogens is 342 g/mol. The summed E-state index contributed by atoms with van der Waals surface area (Å²) in [6, 6.07) is 12.9. The molecular formula is C21H23N3O3. The first-order chi connectivity index (χ1) is 12.8. The molecule has 0 bridgehead atoms. The van der Waals surface area contributed by atoms with Crippen molar-refractivity contribution in [3.63, 3.8) is 0 Å². The van der Waals surface area contributed by atoms with Gasteiger partial charge in [-0.05, 0) is 55.3 Å². The lowest BCUT2D eigenvalue weighted by Gasteiger charge is -2.19. The number of benzene rings is 2. The summed E-state index contributed by atoms with van der Waals surface area (Å²) in [6.07, 6.45) is 0.198. The van der Waals surface area contributed by atoms with Crippen molar-refractivity contribution in [3.8, 4) is 0 Å². The molecule has 140 valence electrons.